The largest absolute Gasteiger partial charge is 0.392 e. The van der Waals surface area contributed by atoms with E-state index in [9.17, 15) is 23.2 Å². The van der Waals surface area contributed by atoms with E-state index in [1.807, 2.05) is 0 Å². The lowest BCUT2D eigenvalue weighted by atomic mass is 10.0. The highest BCUT2D eigenvalue weighted by molar-refractivity contribution is 7.80. The van der Waals surface area contributed by atoms with Crippen LogP contribution in [0.4, 0.5) is 13.2 Å². The minimum atomic E-state index is -2.03. The van der Waals surface area contributed by atoms with Crippen molar-refractivity contribution in [2.75, 3.05) is 7.11 Å². The van der Waals surface area contributed by atoms with Crippen LogP contribution in [-0.4, -0.2) is 31.1 Å². The first-order valence-electron chi connectivity index (χ1n) is 11.4. The summed E-state index contributed by atoms with van der Waals surface area (Å²) in [6.45, 7) is 2.40. The fourth-order valence-electron chi connectivity index (χ4n) is 3.93. The maximum Gasteiger partial charge on any atom is 0.189 e. The molecular weight excluding hydrogens is 541 g/mol. The van der Waals surface area contributed by atoms with Crippen LogP contribution in [0.5, 0.6) is 0 Å². The molecule has 0 aliphatic rings. The van der Waals surface area contributed by atoms with Gasteiger partial charge in [-0.3, -0.25) is 4.18 Å². The van der Waals surface area contributed by atoms with Crippen molar-refractivity contribution in [1.29, 1.82) is 0 Å². The second-order valence-electron chi connectivity index (χ2n) is 9.04. The number of benzene rings is 3. The Kier molecular flexibility index (Phi) is 8.10. The number of aliphatic hydroxyl groups is 2. The third-order valence-corrected chi connectivity index (χ3v) is 7.33. The van der Waals surface area contributed by atoms with E-state index < -0.39 is 40.7 Å². The van der Waals surface area contributed by atoms with E-state index in [0.29, 0.717) is 11.4 Å². The molecule has 6 nitrogen and oxygen atoms in total. The molecule has 0 radical (unpaired) electrons. The molecule has 1 atom stereocenters. The fourth-order valence-corrected chi connectivity index (χ4v) is 4.93. The molecule has 0 amide bonds. The molecule has 0 fully saturated rings. The van der Waals surface area contributed by atoms with Crippen LogP contribution in [0.1, 0.15) is 36.5 Å². The number of rotatable bonds is 8. The SMILES string of the molecule is COS(=O)c1cc(-c2ccc(-n3cc(C(C)(C)O)nc3Cc3ccc(F)cc3Cl)c(F)c2)cc(F)c1CO. The van der Waals surface area contributed by atoms with Gasteiger partial charge in [0.15, 0.2) is 11.1 Å². The number of hydrogen-bond acceptors (Lipinski definition) is 5. The van der Waals surface area contributed by atoms with Crippen LogP contribution in [-0.2, 0) is 33.9 Å². The van der Waals surface area contributed by atoms with Gasteiger partial charge in [-0.05, 0) is 66.9 Å². The Hall–Kier alpha value is -3.02. The van der Waals surface area contributed by atoms with E-state index in [2.05, 4.69) is 4.98 Å². The molecule has 0 saturated heterocycles. The molecule has 4 aromatic rings. The second-order valence-corrected chi connectivity index (χ2v) is 10.7. The molecule has 0 saturated carbocycles. The molecule has 0 aliphatic carbocycles. The fraction of sp³-hybridized carbons (Fsp3) is 0.222. The lowest BCUT2D eigenvalue weighted by Gasteiger charge is -2.14. The Bertz CT molecular complexity index is 1540. The van der Waals surface area contributed by atoms with Gasteiger partial charge in [0.1, 0.15) is 28.9 Å². The minimum Gasteiger partial charge on any atom is -0.392 e. The van der Waals surface area contributed by atoms with Gasteiger partial charge in [-0.25, -0.2) is 22.4 Å². The summed E-state index contributed by atoms with van der Waals surface area (Å²) >= 11 is 4.17. The molecule has 4 rings (SSSR count). The van der Waals surface area contributed by atoms with Crippen molar-refractivity contribution in [1.82, 2.24) is 9.55 Å². The molecule has 200 valence electrons. The molecule has 1 unspecified atom stereocenters. The summed E-state index contributed by atoms with van der Waals surface area (Å²) in [6.07, 6.45) is 1.62. The van der Waals surface area contributed by atoms with Gasteiger partial charge in [-0.15, -0.1) is 0 Å². The van der Waals surface area contributed by atoms with Crippen molar-refractivity contribution in [2.45, 2.75) is 37.4 Å². The van der Waals surface area contributed by atoms with Crippen molar-refractivity contribution < 1.29 is 31.8 Å². The lowest BCUT2D eigenvalue weighted by molar-refractivity contribution is 0.0741. The van der Waals surface area contributed by atoms with E-state index >= 15 is 4.39 Å². The Labute approximate surface area is 225 Å². The monoisotopic (exact) mass is 564 g/mol. The average molecular weight is 565 g/mol. The Morgan fingerprint density at radius 1 is 1.05 bits per heavy atom. The van der Waals surface area contributed by atoms with Crippen LogP contribution >= 0.6 is 11.6 Å². The second kappa shape index (κ2) is 11.0. The summed E-state index contributed by atoms with van der Waals surface area (Å²) in [5.74, 6) is -1.65. The van der Waals surface area contributed by atoms with Gasteiger partial charge < -0.3 is 14.8 Å². The van der Waals surface area contributed by atoms with Crippen molar-refractivity contribution >= 4 is 22.7 Å². The van der Waals surface area contributed by atoms with E-state index in [4.69, 9.17) is 15.8 Å². The van der Waals surface area contributed by atoms with Crippen LogP contribution in [0.15, 0.2) is 59.6 Å². The highest BCUT2D eigenvalue weighted by atomic mass is 35.5. The third-order valence-electron chi connectivity index (χ3n) is 5.95. The lowest BCUT2D eigenvalue weighted by Crippen LogP contribution is -2.16. The normalized spacial score (nSPS) is 12.7. The molecule has 2 N–H and O–H groups in total. The smallest absolute Gasteiger partial charge is 0.189 e. The minimum absolute atomic E-state index is 0.0580. The van der Waals surface area contributed by atoms with Crippen LogP contribution in [0.2, 0.25) is 5.02 Å². The number of hydrogen-bond donors (Lipinski definition) is 2. The topological polar surface area (TPSA) is 84.6 Å². The highest BCUT2D eigenvalue weighted by Crippen LogP contribution is 2.31. The Morgan fingerprint density at radius 3 is 2.37 bits per heavy atom. The van der Waals surface area contributed by atoms with Crippen molar-refractivity contribution in [3.63, 3.8) is 0 Å². The maximum absolute atomic E-state index is 15.5. The molecule has 3 aromatic carbocycles. The van der Waals surface area contributed by atoms with Gasteiger partial charge in [-0.1, -0.05) is 23.7 Å². The molecule has 0 bridgehead atoms. The quantitative estimate of drug-likeness (QED) is 0.291. The number of imidazole rings is 1. The zero-order chi connectivity index (χ0) is 27.8. The van der Waals surface area contributed by atoms with Crippen molar-refractivity contribution in [2.24, 2.45) is 0 Å². The summed E-state index contributed by atoms with van der Waals surface area (Å²) in [4.78, 5) is 4.42. The van der Waals surface area contributed by atoms with Crippen LogP contribution < -0.4 is 0 Å². The first-order chi connectivity index (χ1) is 17.9. The average Bonchev–Trinajstić information content (AvgIpc) is 3.28. The third kappa shape index (κ3) is 5.69. The number of nitrogens with zero attached hydrogens (tertiary/aromatic N) is 2. The summed E-state index contributed by atoms with van der Waals surface area (Å²) in [5.41, 5.74) is -0.0603. The molecule has 38 heavy (non-hydrogen) atoms. The number of aromatic nitrogens is 2. The van der Waals surface area contributed by atoms with Crippen LogP contribution in [0.3, 0.4) is 0 Å². The Morgan fingerprint density at radius 2 is 1.76 bits per heavy atom. The van der Waals surface area contributed by atoms with Crippen LogP contribution in [0, 0.1) is 17.5 Å². The standard InChI is InChI=1S/C27H24ClF3N2O4S/c1-27(2,35)25-13-33(26(32-25)11-16-4-6-18(29)12-20(16)28)23-7-5-15(8-22(23)31)17-9-21(30)19(14-34)24(10-17)38(36)37-3/h4-10,12-13,34-35H,11,14H2,1-3H3. The molecule has 1 aromatic heterocycles. The van der Waals surface area contributed by atoms with E-state index in [-0.39, 0.29) is 44.4 Å². The first-order valence-corrected chi connectivity index (χ1v) is 12.8. The summed E-state index contributed by atoms with van der Waals surface area (Å²) in [7, 11) is 1.18. The summed E-state index contributed by atoms with van der Waals surface area (Å²) in [5, 5.41) is 20.2. The van der Waals surface area contributed by atoms with E-state index in [0.717, 1.165) is 6.07 Å². The highest BCUT2D eigenvalue weighted by Gasteiger charge is 2.24. The van der Waals surface area contributed by atoms with Crippen molar-refractivity contribution in [3.05, 3.63) is 99.8 Å². The van der Waals surface area contributed by atoms with Gasteiger partial charge in [0, 0.05) is 23.2 Å². The molecule has 11 heteroatoms. The van der Waals surface area contributed by atoms with Gasteiger partial charge in [0.25, 0.3) is 0 Å². The molecule has 0 spiro atoms. The van der Waals surface area contributed by atoms with Gasteiger partial charge in [-0.2, -0.15) is 0 Å². The van der Waals surface area contributed by atoms with Gasteiger partial charge >= 0.3 is 0 Å². The zero-order valence-electron chi connectivity index (χ0n) is 20.6. The summed E-state index contributed by atoms with van der Waals surface area (Å²) in [6, 6.07) is 10.6. The molecule has 0 aliphatic heterocycles. The molecule has 1 heterocycles. The van der Waals surface area contributed by atoms with E-state index in [1.165, 1.54) is 54.3 Å². The van der Waals surface area contributed by atoms with Crippen molar-refractivity contribution in [3.8, 4) is 16.8 Å². The predicted octanol–water partition coefficient (Wildman–Crippen LogP) is 5.59. The predicted molar refractivity (Wildman–Crippen MR) is 138 cm³/mol. The molecular formula is C27H24ClF3N2O4S. The summed E-state index contributed by atoms with van der Waals surface area (Å²) < 4.78 is 62.2. The zero-order valence-corrected chi connectivity index (χ0v) is 22.2. The first kappa shape index (κ1) is 28.0. The van der Waals surface area contributed by atoms with Gasteiger partial charge in [0.05, 0.1) is 30.0 Å². The number of aliphatic hydroxyl groups excluding tert-OH is 1. The Balaban J connectivity index is 1.80. The van der Waals surface area contributed by atoms with Crippen LogP contribution in [0.25, 0.3) is 16.8 Å². The van der Waals surface area contributed by atoms with Gasteiger partial charge in [0.2, 0.25) is 0 Å². The van der Waals surface area contributed by atoms with E-state index in [1.54, 1.807) is 19.9 Å². The number of halogens is 4. The maximum atomic E-state index is 15.5.